The van der Waals surface area contributed by atoms with Gasteiger partial charge in [0.1, 0.15) is 5.60 Å². The SMILES string of the molecule is CC(C)C(CNC(=O)OC(C)(C)C)NC(=O)OCC1C=CCCC1. The summed E-state index contributed by atoms with van der Waals surface area (Å²) in [6.45, 7) is 10.1. The second-order valence-electron chi connectivity index (χ2n) is 7.60. The van der Waals surface area contributed by atoms with Crippen LogP contribution in [0.1, 0.15) is 53.9 Å². The summed E-state index contributed by atoms with van der Waals surface area (Å²) in [6.07, 6.45) is 6.61. The van der Waals surface area contributed by atoms with Crippen LogP contribution in [-0.4, -0.2) is 37.0 Å². The van der Waals surface area contributed by atoms with Gasteiger partial charge in [-0.1, -0.05) is 26.0 Å². The van der Waals surface area contributed by atoms with Crippen LogP contribution in [0.25, 0.3) is 0 Å². The Balaban J connectivity index is 2.36. The maximum absolute atomic E-state index is 12.0. The van der Waals surface area contributed by atoms with Crippen LogP contribution < -0.4 is 10.6 Å². The Kier molecular flexibility index (Phi) is 8.08. The minimum Gasteiger partial charge on any atom is -0.449 e. The van der Waals surface area contributed by atoms with E-state index in [-0.39, 0.29) is 12.0 Å². The van der Waals surface area contributed by atoms with Crippen molar-refractivity contribution in [2.45, 2.75) is 65.5 Å². The molecule has 0 spiro atoms. The van der Waals surface area contributed by atoms with Gasteiger partial charge in [-0.15, -0.1) is 0 Å². The van der Waals surface area contributed by atoms with Gasteiger partial charge in [0.15, 0.2) is 0 Å². The third kappa shape index (κ3) is 8.79. The normalized spacial score (nSPS) is 18.8. The van der Waals surface area contributed by atoms with Gasteiger partial charge in [-0.05, 0) is 46.0 Å². The van der Waals surface area contributed by atoms with Gasteiger partial charge in [-0.25, -0.2) is 9.59 Å². The Morgan fingerprint density at radius 3 is 2.50 bits per heavy atom. The molecule has 6 nitrogen and oxygen atoms in total. The zero-order valence-corrected chi connectivity index (χ0v) is 15.6. The summed E-state index contributed by atoms with van der Waals surface area (Å²) in [6, 6.07) is -0.216. The van der Waals surface area contributed by atoms with Crippen molar-refractivity contribution >= 4 is 12.2 Å². The lowest BCUT2D eigenvalue weighted by atomic mass is 9.97. The van der Waals surface area contributed by atoms with E-state index in [0.29, 0.717) is 19.1 Å². The van der Waals surface area contributed by atoms with Crippen LogP contribution in [0, 0.1) is 11.8 Å². The predicted octanol–water partition coefficient (Wildman–Crippen LogP) is 3.62. The number of carbonyl (C=O) groups is 2. The first-order chi connectivity index (χ1) is 11.2. The van der Waals surface area contributed by atoms with Crippen LogP contribution in [0.5, 0.6) is 0 Å². The van der Waals surface area contributed by atoms with Gasteiger partial charge in [-0.3, -0.25) is 0 Å². The maximum Gasteiger partial charge on any atom is 0.407 e. The summed E-state index contributed by atoms with van der Waals surface area (Å²) in [4.78, 5) is 23.7. The van der Waals surface area contributed by atoms with Gasteiger partial charge in [0, 0.05) is 12.5 Å². The highest BCUT2D eigenvalue weighted by molar-refractivity contribution is 5.69. The first-order valence-corrected chi connectivity index (χ1v) is 8.74. The molecule has 1 aliphatic carbocycles. The molecule has 0 heterocycles. The number of rotatable bonds is 6. The molecule has 2 unspecified atom stereocenters. The van der Waals surface area contributed by atoms with E-state index in [1.165, 1.54) is 0 Å². The molecule has 1 aliphatic rings. The molecule has 0 fully saturated rings. The Morgan fingerprint density at radius 2 is 1.96 bits per heavy atom. The number of alkyl carbamates (subject to hydrolysis) is 2. The monoisotopic (exact) mass is 340 g/mol. The molecular weight excluding hydrogens is 308 g/mol. The first kappa shape index (κ1) is 20.3. The van der Waals surface area contributed by atoms with Crippen molar-refractivity contribution in [3.05, 3.63) is 12.2 Å². The van der Waals surface area contributed by atoms with Crippen molar-refractivity contribution in [2.75, 3.05) is 13.2 Å². The average Bonchev–Trinajstić information content (AvgIpc) is 2.48. The molecule has 2 atom stereocenters. The number of hydrogen-bond donors (Lipinski definition) is 2. The number of allylic oxidation sites excluding steroid dienone is 1. The van der Waals surface area contributed by atoms with E-state index in [0.717, 1.165) is 19.3 Å². The van der Waals surface area contributed by atoms with Crippen LogP contribution in [0.4, 0.5) is 9.59 Å². The fraction of sp³-hybridized carbons (Fsp3) is 0.778. The Hall–Kier alpha value is -1.72. The molecule has 2 amide bonds. The summed E-state index contributed by atoms with van der Waals surface area (Å²) < 4.78 is 10.5. The molecular formula is C18H32N2O4. The molecule has 0 aromatic carbocycles. The first-order valence-electron chi connectivity index (χ1n) is 8.74. The van der Waals surface area contributed by atoms with Crippen LogP contribution in [-0.2, 0) is 9.47 Å². The van der Waals surface area contributed by atoms with E-state index in [9.17, 15) is 9.59 Å². The van der Waals surface area contributed by atoms with E-state index in [1.807, 2.05) is 34.6 Å². The summed E-state index contributed by atoms with van der Waals surface area (Å²) in [5.41, 5.74) is -0.544. The Bertz CT molecular complexity index is 441. The second-order valence-corrected chi connectivity index (χ2v) is 7.60. The third-order valence-corrected chi connectivity index (χ3v) is 3.76. The lowest BCUT2D eigenvalue weighted by Crippen LogP contribution is -2.47. The zero-order chi connectivity index (χ0) is 18.2. The fourth-order valence-electron chi connectivity index (χ4n) is 2.36. The van der Waals surface area contributed by atoms with Crippen molar-refractivity contribution in [1.82, 2.24) is 10.6 Å². The van der Waals surface area contributed by atoms with Gasteiger partial charge in [0.25, 0.3) is 0 Å². The standard InChI is InChI=1S/C18H32N2O4/c1-13(2)15(11-19-16(21)24-18(3,4)5)20-17(22)23-12-14-9-7-6-8-10-14/h7,9,13-15H,6,8,10-12H2,1-5H3,(H,19,21)(H,20,22). The molecule has 1 rings (SSSR count). The van der Waals surface area contributed by atoms with E-state index in [2.05, 4.69) is 22.8 Å². The summed E-state index contributed by atoms with van der Waals surface area (Å²) in [5, 5.41) is 5.51. The van der Waals surface area contributed by atoms with Crippen LogP contribution in [0.15, 0.2) is 12.2 Å². The molecule has 0 aliphatic heterocycles. The summed E-state index contributed by atoms with van der Waals surface area (Å²) in [5.74, 6) is 0.462. The molecule has 24 heavy (non-hydrogen) atoms. The molecule has 6 heteroatoms. The highest BCUT2D eigenvalue weighted by Gasteiger charge is 2.21. The zero-order valence-electron chi connectivity index (χ0n) is 15.6. The van der Waals surface area contributed by atoms with Gasteiger partial charge < -0.3 is 20.1 Å². The average molecular weight is 340 g/mol. The molecule has 0 saturated carbocycles. The van der Waals surface area contributed by atoms with Crippen molar-refractivity contribution in [2.24, 2.45) is 11.8 Å². The highest BCUT2D eigenvalue weighted by Crippen LogP contribution is 2.17. The lowest BCUT2D eigenvalue weighted by Gasteiger charge is -2.25. The van der Waals surface area contributed by atoms with E-state index in [1.54, 1.807) is 0 Å². The van der Waals surface area contributed by atoms with Crippen molar-refractivity contribution in [1.29, 1.82) is 0 Å². The van der Waals surface area contributed by atoms with E-state index < -0.39 is 17.8 Å². The fourth-order valence-corrected chi connectivity index (χ4v) is 2.36. The topological polar surface area (TPSA) is 76.7 Å². The number of carbonyl (C=O) groups excluding carboxylic acids is 2. The predicted molar refractivity (Wildman–Crippen MR) is 93.8 cm³/mol. The van der Waals surface area contributed by atoms with E-state index >= 15 is 0 Å². The Morgan fingerprint density at radius 1 is 1.25 bits per heavy atom. The number of nitrogens with one attached hydrogen (secondary N) is 2. The van der Waals surface area contributed by atoms with Crippen LogP contribution >= 0.6 is 0 Å². The molecule has 0 aromatic rings. The van der Waals surface area contributed by atoms with Crippen molar-refractivity contribution < 1.29 is 19.1 Å². The minimum absolute atomic E-state index is 0.155. The maximum atomic E-state index is 12.0. The lowest BCUT2D eigenvalue weighted by molar-refractivity contribution is 0.0516. The van der Waals surface area contributed by atoms with Crippen molar-refractivity contribution in [3.8, 4) is 0 Å². The van der Waals surface area contributed by atoms with Gasteiger partial charge in [0.2, 0.25) is 0 Å². The molecule has 0 radical (unpaired) electrons. The smallest absolute Gasteiger partial charge is 0.407 e. The summed E-state index contributed by atoms with van der Waals surface area (Å²) in [7, 11) is 0. The number of amides is 2. The highest BCUT2D eigenvalue weighted by atomic mass is 16.6. The minimum atomic E-state index is -0.544. The van der Waals surface area contributed by atoms with E-state index in [4.69, 9.17) is 9.47 Å². The second kappa shape index (κ2) is 9.55. The largest absolute Gasteiger partial charge is 0.449 e. The van der Waals surface area contributed by atoms with Crippen molar-refractivity contribution in [3.63, 3.8) is 0 Å². The quantitative estimate of drug-likeness (QED) is 0.724. The number of hydrogen-bond acceptors (Lipinski definition) is 4. The van der Waals surface area contributed by atoms with Gasteiger partial charge in [-0.2, -0.15) is 0 Å². The molecule has 138 valence electrons. The molecule has 2 N–H and O–H groups in total. The summed E-state index contributed by atoms with van der Waals surface area (Å²) >= 11 is 0. The Labute approximate surface area is 145 Å². The molecule has 0 bridgehead atoms. The molecule has 0 aromatic heterocycles. The van der Waals surface area contributed by atoms with Crippen LogP contribution in [0.3, 0.4) is 0 Å². The van der Waals surface area contributed by atoms with Gasteiger partial charge in [0.05, 0.1) is 12.6 Å². The third-order valence-electron chi connectivity index (χ3n) is 3.76. The van der Waals surface area contributed by atoms with Gasteiger partial charge >= 0.3 is 12.2 Å². The molecule has 0 saturated heterocycles. The number of ether oxygens (including phenoxy) is 2. The van der Waals surface area contributed by atoms with Crippen LogP contribution in [0.2, 0.25) is 0 Å².